The zero-order chi connectivity index (χ0) is 10.5. The minimum Gasteiger partial charge on any atom is -0.444 e. The standard InChI is InChI=1S/C9H15NO3/c1-5-7(11)6-10-8(12)13-9(2,3)4/h1,7,11H,6H2,2-4H3,(H,10,12). The molecule has 4 nitrogen and oxygen atoms in total. The normalized spacial score (nSPS) is 12.8. The number of rotatable bonds is 2. The second kappa shape index (κ2) is 4.73. The molecule has 0 radical (unpaired) electrons. The summed E-state index contributed by atoms with van der Waals surface area (Å²) in [7, 11) is 0. The quantitative estimate of drug-likeness (QED) is 0.616. The molecular weight excluding hydrogens is 170 g/mol. The molecule has 0 aromatic heterocycles. The average Bonchev–Trinajstić information content (AvgIpc) is 1.97. The van der Waals surface area contributed by atoms with Crippen molar-refractivity contribution in [1.29, 1.82) is 0 Å². The number of hydrogen-bond donors (Lipinski definition) is 2. The average molecular weight is 185 g/mol. The van der Waals surface area contributed by atoms with Crippen molar-refractivity contribution < 1.29 is 14.6 Å². The first kappa shape index (κ1) is 11.8. The maximum atomic E-state index is 11.0. The zero-order valence-corrected chi connectivity index (χ0v) is 8.13. The van der Waals surface area contributed by atoms with Gasteiger partial charge in [-0.2, -0.15) is 0 Å². The molecule has 74 valence electrons. The molecule has 1 atom stereocenters. The van der Waals surface area contributed by atoms with Crippen molar-refractivity contribution in [3.63, 3.8) is 0 Å². The molecule has 2 N–H and O–H groups in total. The molecule has 0 saturated heterocycles. The van der Waals surface area contributed by atoms with E-state index in [1.165, 1.54) is 0 Å². The summed E-state index contributed by atoms with van der Waals surface area (Å²) in [6.07, 6.45) is 3.35. The predicted molar refractivity (Wildman–Crippen MR) is 49.1 cm³/mol. The van der Waals surface area contributed by atoms with E-state index >= 15 is 0 Å². The van der Waals surface area contributed by atoms with Crippen LogP contribution >= 0.6 is 0 Å². The fourth-order valence-electron chi connectivity index (χ4n) is 0.553. The van der Waals surface area contributed by atoms with Crippen LogP contribution in [0.4, 0.5) is 4.79 Å². The Hall–Kier alpha value is -1.21. The van der Waals surface area contributed by atoms with E-state index in [2.05, 4.69) is 11.2 Å². The van der Waals surface area contributed by atoms with Crippen LogP contribution in [0, 0.1) is 12.3 Å². The second-order valence-corrected chi connectivity index (χ2v) is 3.57. The maximum Gasteiger partial charge on any atom is 0.407 e. The van der Waals surface area contributed by atoms with Crippen molar-refractivity contribution >= 4 is 6.09 Å². The van der Waals surface area contributed by atoms with Crippen LogP contribution in [0.15, 0.2) is 0 Å². The highest BCUT2D eigenvalue weighted by Crippen LogP contribution is 2.06. The van der Waals surface area contributed by atoms with Crippen LogP contribution in [0.3, 0.4) is 0 Å². The van der Waals surface area contributed by atoms with Crippen LogP contribution < -0.4 is 5.32 Å². The third-order valence-corrected chi connectivity index (χ3v) is 1.03. The second-order valence-electron chi connectivity index (χ2n) is 3.57. The van der Waals surface area contributed by atoms with Gasteiger partial charge in [0.15, 0.2) is 0 Å². The number of amides is 1. The van der Waals surface area contributed by atoms with E-state index in [0.29, 0.717) is 0 Å². The number of carbonyl (C=O) groups excluding carboxylic acids is 1. The fourth-order valence-corrected chi connectivity index (χ4v) is 0.553. The highest BCUT2D eigenvalue weighted by molar-refractivity contribution is 5.67. The zero-order valence-electron chi connectivity index (χ0n) is 8.13. The molecule has 0 aromatic rings. The number of carbonyl (C=O) groups is 1. The van der Waals surface area contributed by atoms with E-state index < -0.39 is 17.8 Å². The fraction of sp³-hybridized carbons (Fsp3) is 0.667. The Bertz CT molecular complexity index is 212. The van der Waals surface area contributed by atoms with Crippen LogP contribution in [0.2, 0.25) is 0 Å². The van der Waals surface area contributed by atoms with Crippen LogP contribution in [0.1, 0.15) is 20.8 Å². The van der Waals surface area contributed by atoms with Crippen molar-refractivity contribution in [2.75, 3.05) is 6.54 Å². The van der Waals surface area contributed by atoms with Gasteiger partial charge in [0.05, 0.1) is 6.54 Å². The van der Waals surface area contributed by atoms with Gasteiger partial charge in [0.25, 0.3) is 0 Å². The summed E-state index contributed by atoms with van der Waals surface area (Å²) in [4.78, 5) is 11.0. The van der Waals surface area contributed by atoms with E-state index in [0.717, 1.165) is 0 Å². The summed E-state index contributed by atoms with van der Waals surface area (Å²) < 4.78 is 4.90. The summed E-state index contributed by atoms with van der Waals surface area (Å²) in [6.45, 7) is 5.27. The van der Waals surface area contributed by atoms with Crippen molar-refractivity contribution in [1.82, 2.24) is 5.32 Å². The Labute approximate surface area is 78.3 Å². The van der Waals surface area contributed by atoms with Gasteiger partial charge in [-0.05, 0) is 20.8 Å². The molecule has 1 unspecified atom stereocenters. The molecule has 0 spiro atoms. The molecule has 0 heterocycles. The Kier molecular flexibility index (Phi) is 4.29. The summed E-state index contributed by atoms with van der Waals surface area (Å²) in [5.74, 6) is 2.07. The van der Waals surface area contributed by atoms with Crippen LogP contribution in [0.25, 0.3) is 0 Å². The minimum absolute atomic E-state index is 0.00537. The largest absolute Gasteiger partial charge is 0.444 e. The third kappa shape index (κ3) is 7.16. The molecule has 0 aliphatic rings. The molecule has 0 aromatic carbocycles. The van der Waals surface area contributed by atoms with Gasteiger partial charge in [-0.15, -0.1) is 6.42 Å². The molecule has 0 aliphatic carbocycles. The van der Waals surface area contributed by atoms with E-state index in [-0.39, 0.29) is 6.54 Å². The lowest BCUT2D eigenvalue weighted by molar-refractivity contribution is 0.0507. The van der Waals surface area contributed by atoms with Crippen LogP contribution in [-0.2, 0) is 4.74 Å². The summed E-state index contributed by atoms with van der Waals surface area (Å²) in [5.41, 5.74) is -0.537. The van der Waals surface area contributed by atoms with E-state index in [1.807, 2.05) is 0 Å². The lowest BCUT2D eigenvalue weighted by Gasteiger charge is -2.19. The van der Waals surface area contributed by atoms with Crippen molar-refractivity contribution in [3.05, 3.63) is 0 Å². The van der Waals surface area contributed by atoms with Crippen molar-refractivity contribution in [2.24, 2.45) is 0 Å². The molecule has 1 amide bonds. The first-order valence-corrected chi connectivity index (χ1v) is 3.96. The van der Waals surface area contributed by atoms with Crippen molar-refractivity contribution in [2.45, 2.75) is 32.5 Å². The summed E-state index contributed by atoms with van der Waals surface area (Å²) in [5, 5.41) is 11.2. The van der Waals surface area contributed by atoms with Gasteiger partial charge in [-0.1, -0.05) is 5.92 Å². The van der Waals surface area contributed by atoms with Gasteiger partial charge in [-0.25, -0.2) is 4.79 Å². The Morgan fingerprint density at radius 1 is 1.69 bits per heavy atom. The van der Waals surface area contributed by atoms with E-state index in [4.69, 9.17) is 16.3 Å². The third-order valence-electron chi connectivity index (χ3n) is 1.03. The smallest absolute Gasteiger partial charge is 0.407 e. The van der Waals surface area contributed by atoms with Gasteiger partial charge in [0.2, 0.25) is 0 Å². The first-order valence-electron chi connectivity index (χ1n) is 3.96. The number of aliphatic hydroxyl groups is 1. The highest BCUT2D eigenvalue weighted by atomic mass is 16.6. The summed E-state index contributed by atoms with van der Waals surface area (Å²) >= 11 is 0. The first-order chi connectivity index (χ1) is 5.85. The van der Waals surface area contributed by atoms with Gasteiger partial charge in [0.1, 0.15) is 11.7 Å². The minimum atomic E-state index is -0.965. The molecule has 13 heavy (non-hydrogen) atoms. The lowest BCUT2D eigenvalue weighted by atomic mass is 10.2. The van der Waals surface area contributed by atoms with Gasteiger partial charge >= 0.3 is 6.09 Å². The number of hydrogen-bond acceptors (Lipinski definition) is 3. The Morgan fingerprint density at radius 2 is 2.23 bits per heavy atom. The van der Waals surface area contributed by atoms with Gasteiger partial charge in [0, 0.05) is 0 Å². The summed E-state index contributed by atoms with van der Waals surface area (Å²) in [6, 6.07) is 0. The van der Waals surface area contributed by atoms with Crippen molar-refractivity contribution in [3.8, 4) is 12.3 Å². The number of aliphatic hydroxyl groups excluding tert-OH is 1. The topological polar surface area (TPSA) is 58.6 Å². The van der Waals surface area contributed by atoms with Crippen LogP contribution in [-0.4, -0.2) is 29.4 Å². The molecular formula is C9H15NO3. The number of ether oxygens (including phenoxy) is 1. The number of terminal acetylenes is 1. The maximum absolute atomic E-state index is 11.0. The van der Waals surface area contributed by atoms with Gasteiger partial charge < -0.3 is 15.2 Å². The van der Waals surface area contributed by atoms with E-state index in [9.17, 15) is 4.79 Å². The SMILES string of the molecule is C#CC(O)CNC(=O)OC(C)(C)C. The highest BCUT2D eigenvalue weighted by Gasteiger charge is 2.16. The molecule has 0 fully saturated rings. The molecule has 4 heteroatoms. The Balaban J connectivity index is 3.72. The van der Waals surface area contributed by atoms with Gasteiger partial charge in [-0.3, -0.25) is 0 Å². The number of alkyl carbamates (subject to hydrolysis) is 1. The Morgan fingerprint density at radius 3 is 2.62 bits per heavy atom. The lowest BCUT2D eigenvalue weighted by Crippen LogP contribution is -2.36. The molecule has 0 rings (SSSR count). The van der Waals surface area contributed by atoms with E-state index in [1.54, 1.807) is 20.8 Å². The number of nitrogens with one attached hydrogen (secondary N) is 1. The molecule has 0 bridgehead atoms. The molecule has 0 aliphatic heterocycles. The predicted octanol–water partition coefficient (Wildman–Crippen LogP) is 0.505. The monoisotopic (exact) mass is 185 g/mol. The molecule has 0 saturated carbocycles. The van der Waals surface area contributed by atoms with Crippen LogP contribution in [0.5, 0.6) is 0 Å².